The first-order valence-electron chi connectivity index (χ1n) is 13.2. The Bertz CT molecular complexity index is 1190. The molecule has 0 aliphatic carbocycles. The fourth-order valence-electron chi connectivity index (χ4n) is 3.45. The lowest BCUT2D eigenvalue weighted by molar-refractivity contribution is -0.143. The van der Waals surface area contributed by atoms with Crippen LogP contribution in [-0.4, -0.2) is 23.8 Å². The first-order chi connectivity index (χ1) is 17.6. The molecule has 2 aromatic rings. The second-order valence-electron chi connectivity index (χ2n) is 11.6. The summed E-state index contributed by atoms with van der Waals surface area (Å²) in [5, 5.41) is 0. The highest BCUT2D eigenvalue weighted by Crippen LogP contribution is 2.39. The van der Waals surface area contributed by atoms with Gasteiger partial charge in [-0.2, -0.15) is 0 Å². The Hall–Kier alpha value is -3.41. The summed E-state index contributed by atoms with van der Waals surface area (Å²) in [6, 6.07) is 8.41. The van der Waals surface area contributed by atoms with Crippen molar-refractivity contribution in [3.05, 3.63) is 58.7 Å². The van der Waals surface area contributed by atoms with Crippen molar-refractivity contribution in [2.75, 3.05) is 0 Å². The zero-order chi connectivity index (χ0) is 28.8. The predicted octanol–water partition coefficient (Wildman–Crippen LogP) is 7.40. The summed E-state index contributed by atoms with van der Waals surface area (Å²) in [6.07, 6.45) is 4.35. The summed E-state index contributed by atoms with van der Waals surface area (Å²) in [4.78, 5) is 37.8. The van der Waals surface area contributed by atoms with E-state index in [1.807, 2.05) is 54.5 Å². The van der Waals surface area contributed by atoms with Gasteiger partial charge >= 0.3 is 11.9 Å². The maximum Gasteiger partial charge on any atom is 0.316 e. The van der Waals surface area contributed by atoms with Gasteiger partial charge in [-0.3, -0.25) is 14.4 Å². The van der Waals surface area contributed by atoms with Gasteiger partial charge in [-0.25, -0.2) is 0 Å². The van der Waals surface area contributed by atoms with E-state index in [1.54, 1.807) is 51.1 Å². The number of esters is 2. The number of ketones is 1. The van der Waals surface area contributed by atoms with E-state index < -0.39 is 10.8 Å². The summed E-state index contributed by atoms with van der Waals surface area (Å²) in [5.74, 6) is 0.670. The predicted molar refractivity (Wildman–Crippen MR) is 151 cm³/mol. The topological polar surface area (TPSA) is 78.9 Å². The third-order valence-electron chi connectivity index (χ3n) is 5.70. The number of ether oxygens (including phenoxy) is 3. The van der Waals surface area contributed by atoms with E-state index in [-0.39, 0.29) is 23.8 Å². The summed E-state index contributed by atoms with van der Waals surface area (Å²) < 4.78 is 17.5. The number of hydrogen-bond donors (Lipinski definition) is 0. The van der Waals surface area contributed by atoms with Crippen LogP contribution in [0.15, 0.2) is 36.4 Å². The third kappa shape index (κ3) is 8.04. The number of aryl methyl sites for hydroxylation is 1. The van der Waals surface area contributed by atoms with Crippen LogP contribution in [-0.2, 0) is 22.4 Å². The zero-order valence-corrected chi connectivity index (χ0v) is 24.5. The Kier molecular flexibility index (Phi) is 10.1. The maximum atomic E-state index is 13.0. The Labute approximate surface area is 227 Å². The molecule has 0 unspecified atom stereocenters. The lowest BCUT2D eigenvalue weighted by Crippen LogP contribution is -2.26. The molecule has 206 valence electrons. The van der Waals surface area contributed by atoms with Crippen LogP contribution in [0.25, 0.3) is 6.08 Å². The largest absolute Gasteiger partial charge is 0.490 e. The van der Waals surface area contributed by atoms with Crippen molar-refractivity contribution in [2.24, 2.45) is 10.8 Å². The quantitative estimate of drug-likeness (QED) is 0.148. The molecule has 0 N–H and O–H groups in total. The highest BCUT2D eigenvalue weighted by atomic mass is 16.5. The van der Waals surface area contributed by atoms with Gasteiger partial charge in [0.25, 0.3) is 0 Å². The van der Waals surface area contributed by atoms with Crippen LogP contribution in [0.2, 0.25) is 0 Å². The molecule has 0 spiro atoms. The molecule has 0 aliphatic rings. The third-order valence-corrected chi connectivity index (χ3v) is 5.70. The Balaban J connectivity index is 2.44. The summed E-state index contributed by atoms with van der Waals surface area (Å²) in [5.41, 5.74) is 1.60. The van der Waals surface area contributed by atoms with Gasteiger partial charge in [-0.05, 0) is 116 Å². The smallest absolute Gasteiger partial charge is 0.316 e. The highest BCUT2D eigenvalue weighted by molar-refractivity contribution is 6.07. The molecule has 0 saturated carbocycles. The molecule has 0 aromatic heterocycles. The van der Waals surface area contributed by atoms with Gasteiger partial charge in [0.2, 0.25) is 0 Å². The summed E-state index contributed by atoms with van der Waals surface area (Å²) in [6.45, 7) is 18.7. The number of carbonyl (C=O) groups is 3. The fourth-order valence-corrected chi connectivity index (χ4v) is 3.45. The van der Waals surface area contributed by atoms with Crippen LogP contribution in [0, 0.1) is 10.8 Å². The number of benzene rings is 2. The van der Waals surface area contributed by atoms with Crippen LogP contribution in [0.4, 0.5) is 0 Å². The molecule has 0 aliphatic heterocycles. The van der Waals surface area contributed by atoms with E-state index in [0.29, 0.717) is 35.7 Å². The number of rotatable bonds is 9. The molecular formula is C32H42O6. The van der Waals surface area contributed by atoms with E-state index in [2.05, 4.69) is 0 Å². The van der Waals surface area contributed by atoms with Gasteiger partial charge < -0.3 is 14.2 Å². The first-order valence-corrected chi connectivity index (χ1v) is 13.2. The molecule has 0 heterocycles. The second-order valence-corrected chi connectivity index (χ2v) is 11.6. The van der Waals surface area contributed by atoms with Crippen molar-refractivity contribution >= 4 is 23.8 Å². The van der Waals surface area contributed by atoms with Crippen LogP contribution in [0.1, 0.15) is 96.3 Å². The molecule has 2 rings (SSSR count). The fraction of sp³-hybridized carbons (Fsp3) is 0.469. The van der Waals surface area contributed by atoms with Crippen molar-refractivity contribution in [2.45, 2.75) is 88.2 Å². The monoisotopic (exact) mass is 522 g/mol. The van der Waals surface area contributed by atoms with E-state index in [1.165, 1.54) is 6.08 Å². The Morgan fingerprint density at radius 2 is 1.37 bits per heavy atom. The zero-order valence-electron chi connectivity index (χ0n) is 24.5. The number of hydrogen-bond acceptors (Lipinski definition) is 6. The molecular weight excluding hydrogens is 480 g/mol. The van der Waals surface area contributed by atoms with E-state index in [4.69, 9.17) is 14.2 Å². The second kappa shape index (κ2) is 12.4. The van der Waals surface area contributed by atoms with Crippen molar-refractivity contribution < 1.29 is 28.6 Å². The van der Waals surface area contributed by atoms with Crippen molar-refractivity contribution in [1.82, 2.24) is 0 Å². The van der Waals surface area contributed by atoms with Crippen molar-refractivity contribution in [1.29, 1.82) is 0 Å². The molecule has 0 bridgehead atoms. The molecule has 0 amide bonds. The average Bonchev–Trinajstić information content (AvgIpc) is 2.82. The minimum atomic E-state index is -0.652. The molecule has 0 atom stereocenters. The molecule has 0 radical (unpaired) electrons. The molecule has 0 fully saturated rings. The molecule has 0 saturated heterocycles. The van der Waals surface area contributed by atoms with Crippen molar-refractivity contribution in [3.63, 3.8) is 0 Å². The first kappa shape index (κ1) is 30.8. The summed E-state index contributed by atoms with van der Waals surface area (Å²) >= 11 is 0. The van der Waals surface area contributed by atoms with Gasteiger partial charge in [-0.1, -0.05) is 13.8 Å². The van der Waals surface area contributed by atoms with Crippen LogP contribution < -0.4 is 14.2 Å². The van der Waals surface area contributed by atoms with Crippen LogP contribution in [0.3, 0.4) is 0 Å². The van der Waals surface area contributed by atoms with Gasteiger partial charge in [0.1, 0.15) is 17.2 Å². The normalized spacial score (nSPS) is 12.1. The standard InChI is InChI=1S/C32H42O6/c1-11-21-19-23(28(36-20(3)4)25(12-2)27(21)38-30(35)32(8,9)10)15-18-26(33)22-13-16-24(17-14-22)37-29(34)31(5,6)7/h13-20H,11-12H2,1-10H3/b18-15+. The lowest BCUT2D eigenvalue weighted by Gasteiger charge is -2.24. The highest BCUT2D eigenvalue weighted by Gasteiger charge is 2.28. The maximum absolute atomic E-state index is 13.0. The SMILES string of the molecule is CCc1cc(/C=C/C(=O)c2ccc(OC(=O)C(C)(C)C)cc2)c(OC(C)C)c(CC)c1OC(=O)C(C)(C)C. The Morgan fingerprint density at radius 1 is 0.816 bits per heavy atom. The molecule has 6 heteroatoms. The van der Waals surface area contributed by atoms with Crippen LogP contribution >= 0.6 is 0 Å². The molecule has 6 nitrogen and oxygen atoms in total. The summed E-state index contributed by atoms with van der Waals surface area (Å²) in [7, 11) is 0. The van der Waals surface area contributed by atoms with E-state index in [0.717, 1.165) is 16.7 Å². The van der Waals surface area contributed by atoms with Crippen molar-refractivity contribution in [3.8, 4) is 17.2 Å². The van der Waals surface area contributed by atoms with Crippen LogP contribution in [0.5, 0.6) is 17.2 Å². The van der Waals surface area contributed by atoms with Gasteiger partial charge in [0, 0.05) is 16.7 Å². The minimum absolute atomic E-state index is 0.120. The van der Waals surface area contributed by atoms with E-state index >= 15 is 0 Å². The van der Waals surface area contributed by atoms with Gasteiger partial charge in [-0.15, -0.1) is 0 Å². The number of carbonyl (C=O) groups excluding carboxylic acids is 3. The number of allylic oxidation sites excluding steroid dienone is 1. The average molecular weight is 523 g/mol. The Morgan fingerprint density at radius 3 is 1.84 bits per heavy atom. The lowest BCUT2D eigenvalue weighted by atomic mass is 9.95. The molecule has 2 aromatic carbocycles. The van der Waals surface area contributed by atoms with Gasteiger partial charge in [0.15, 0.2) is 5.78 Å². The molecule has 38 heavy (non-hydrogen) atoms. The van der Waals surface area contributed by atoms with E-state index in [9.17, 15) is 14.4 Å². The minimum Gasteiger partial charge on any atom is -0.490 e. The van der Waals surface area contributed by atoms with Gasteiger partial charge in [0.05, 0.1) is 16.9 Å².